The Hall–Kier alpha value is -1.42. The Bertz CT molecular complexity index is 473. The van der Waals surface area contributed by atoms with E-state index in [9.17, 15) is 4.79 Å². The first-order chi connectivity index (χ1) is 8.58. The highest BCUT2D eigenvalue weighted by atomic mass is 32.1. The summed E-state index contributed by atoms with van der Waals surface area (Å²) < 4.78 is 0. The van der Waals surface area contributed by atoms with Crippen LogP contribution in [0.3, 0.4) is 0 Å². The molecule has 0 radical (unpaired) electrons. The van der Waals surface area contributed by atoms with Gasteiger partial charge in [-0.05, 0) is 31.9 Å². The topological polar surface area (TPSA) is 46.3 Å². The number of nitrogens with two attached hydrogens (primary N) is 1. The average molecular weight is 262 g/mol. The number of rotatable bonds is 2. The minimum absolute atomic E-state index is 0.0830. The van der Waals surface area contributed by atoms with Gasteiger partial charge in [0.15, 0.2) is 0 Å². The summed E-state index contributed by atoms with van der Waals surface area (Å²) in [5.41, 5.74) is 7.54. The Morgan fingerprint density at radius 2 is 2.28 bits per heavy atom. The van der Waals surface area contributed by atoms with Crippen molar-refractivity contribution in [3.63, 3.8) is 0 Å². The van der Waals surface area contributed by atoms with Crippen molar-refractivity contribution in [2.75, 3.05) is 13.1 Å². The lowest BCUT2D eigenvalue weighted by Gasteiger charge is -2.32. The molecule has 0 aromatic heterocycles. The Kier molecular flexibility index (Phi) is 3.97. The molecule has 0 spiro atoms. The molecular formula is C14H18N2OS. The zero-order valence-electron chi connectivity index (χ0n) is 10.6. The van der Waals surface area contributed by atoms with E-state index in [-0.39, 0.29) is 11.8 Å². The predicted molar refractivity (Wildman–Crippen MR) is 76.6 cm³/mol. The van der Waals surface area contributed by atoms with Crippen molar-refractivity contribution in [3.05, 3.63) is 35.4 Å². The lowest BCUT2D eigenvalue weighted by atomic mass is 9.97. The summed E-state index contributed by atoms with van der Waals surface area (Å²) in [5, 5.41) is 0. The molecule has 2 rings (SSSR count). The SMILES string of the molecule is Cc1cccc(C(=O)N2CCCC(C(N)=S)C2)c1. The second-order valence-corrected chi connectivity index (χ2v) is 5.33. The zero-order valence-corrected chi connectivity index (χ0v) is 11.4. The van der Waals surface area contributed by atoms with Crippen LogP contribution in [0.5, 0.6) is 0 Å². The number of carbonyl (C=O) groups is 1. The largest absolute Gasteiger partial charge is 0.393 e. The third kappa shape index (κ3) is 2.88. The van der Waals surface area contributed by atoms with Gasteiger partial charge in [-0.3, -0.25) is 4.79 Å². The number of piperidine rings is 1. The molecule has 0 bridgehead atoms. The molecule has 1 aliphatic rings. The van der Waals surface area contributed by atoms with Gasteiger partial charge in [-0.1, -0.05) is 29.9 Å². The number of carbonyl (C=O) groups excluding carboxylic acids is 1. The third-order valence-electron chi connectivity index (χ3n) is 3.38. The van der Waals surface area contributed by atoms with Crippen LogP contribution in [0.4, 0.5) is 0 Å². The van der Waals surface area contributed by atoms with Crippen molar-refractivity contribution in [3.8, 4) is 0 Å². The summed E-state index contributed by atoms with van der Waals surface area (Å²) in [7, 11) is 0. The van der Waals surface area contributed by atoms with Crippen molar-refractivity contribution in [2.45, 2.75) is 19.8 Å². The Balaban J connectivity index is 2.11. The van der Waals surface area contributed by atoms with E-state index >= 15 is 0 Å². The summed E-state index contributed by atoms with van der Waals surface area (Å²) >= 11 is 5.03. The van der Waals surface area contributed by atoms with Crippen LogP contribution in [-0.2, 0) is 0 Å². The molecule has 0 aliphatic carbocycles. The second-order valence-electron chi connectivity index (χ2n) is 4.86. The van der Waals surface area contributed by atoms with Crippen LogP contribution in [0.15, 0.2) is 24.3 Å². The summed E-state index contributed by atoms with van der Waals surface area (Å²) in [4.78, 5) is 14.7. The van der Waals surface area contributed by atoms with Gasteiger partial charge in [0.05, 0.1) is 4.99 Å². The Labute approximate surface area is 113 Å². The van der Waals surface area contributed by atoms with E-state index in [1.165, 1.54) is 0 Å². The molecule has 1 atom stereocenters. The zero-order chi connectivity index (χ0) is 13.1. The summed E-state index contributed by atoms with van der Waals surface area (Å²) in [6.07, 6.45) is 1.96. The maximum atomic E-state index is 12.4. The summed E-state index contributed by atoms with van der Waals surface area (Å²) in [6, 6.07) is 7.69. The normalized spacial score (nSPS) is 19.6. The van der Waals surface area contributed by atoms with Crippen LogP contribution < -0.4 is 5.73 Å². The molecule has 1 aromatic carbocycles. The van der Waals surface area contributed by atoms with Crippen molar-refractivity contribution in [1.82, 2.24) is 4.90 Å². The summed E-state index contributed by atoms with van der Waals surface area (Å²) in [5.74, 6) is 0.252. The third-order valence-corrected chi connectivity index (χ3v) is 3.71. The smallest absolute Gasteiger partial charge is 0.253 e. The maximum Gasteiger partial charge on any atom is 0.253 e. The van der Waals surface area contributed by atoms with E-state index in [1.54, 1.807) is 0 Å². The first-order valence-electron chi connectivity index (χ1n) is 6.23. The fourth-order valence-electron chi connectivity index (χ4n) is 2.35. The predicted octanol–water partition coefficient (Wildman–Crippen LogP) is 2.13. The van der Waals surface area contributed by atoms with Crippen molar-refractivity contribution < 1.29 is 4.79 Å². The van der Waals surface area contributed by atoms with Crippen LogP contribution in [0.2, 0.25) is 0 Å². The Morgan fingerprint density at radius 3 is 2.94 bits per heavy atom. The fraction of sp³-hybridized carbons (Fsp3) is 0.429. The number of nitrogens with zero attached hydrogens (tertiary/aromatic N) is 1. The number of hydrogen-bond donors (Lipinski definition) is 1. The molecule has 2 N–H and O–H groups in total. The molecular weight excluding hydrogens is 244 g/mol. The molecule has 18 heavy (non-hydrogen) atoms. The number of hydrogen-bond acceptors (Lipinski definition) is 2. The van der Waals surface area contributed by atoms with E-state index in [0.717, 1.165) is 30.5 Å². The van der Waals surface area contributed by atoms with Gasteiger partial charge in [-0.2, -0.15) is 0 Å². The number of thiocarbonyl (C=S) groups is 1. The molecule has 1 aromatic rings. The maximum absolute atomic E-state index is 12.4. The van der Waals surface area contributed by atoms with Gasteiger partial charge in [0.25, 0.3) is 5.91 Å². The van der Waals surface area contributed by atoms with Crippen LogP contribution in [0, 0.1) is 12.8 Å². The lowest BCUT2D eigenvalue weighted by molar-refractivity contribution is 0.0703. The molecule has 1 saturated heterocycles. The lowest BCUT2D eigenvalue weighted by Crippen LogP contribution is -2.43. The van der Waals surface area contributed by atoms with Crippen molar-refractivity contribution >= 4 is 23.1 Å². The molecule has 0 saturated carbocycles. The number of likely N-dealkylation sites (tertiary alicyclic amines) is 1. The molecule has 1 aliphatic heterocycles. The van der Waals surface area contributed by atoms with Gasteiger partial charge in [0.1, 0.15) is 0 Å². The second kappa shape index (κ2) is 5.48. The minimum Gasteiger partial charge on any atom is -0.393 e. The first-order valence-corrected chi connectivity index (χ1v) is 6.64. The van der Waals surface area contributed by atoms with E-state index < -0.39 is 0 Å². The standard InChI is InChI=1S/C14H18N2OS/c1-10-4-2-5-11(8-10)14(17)16-7-3-6-12(9-16)13(15)18/h2,4-5,8,12H,3,6-7,9H2,1H3,(H2,15,18). The van der Waals surface area contributed by atoms with Gasteiger partial charge >= 0.3 is 0 Å². The average Bonchev–Trinajstić information content (AvgIpc) is 2.38. The van der Waals surface area contributed by atoms with Gasteiger partial charge in [0, 0.05) is 24.6 Å². The number of amides is 1. The molecule has 3 nitrogen and oxygen atoms in total. The van der Waals surface area contributed by atoms with Gasteiger partial charge in [-0.15, -0.1) is 0 Å². The minimum atomic E-state index is 0.0830. The molecule has 1 heterocycles. The van der Waals surface area contributed by atoms with Crippen molar-refractivity contribution in [1.29, 1.82) is 0 Å². The van der Waals surface area contributed by atoms with E-state index in [1.807, 2.05) is 36.1 Å². The first kappa shape index (κ1) is 13.0. The molecule has 96 valence electrons. The van der Waals surface area contributed by atoms with Crippen LogP contribution in [0.1, 0.15) is 28.8 Å². The molecule has 4 heteroatoms. The van der Waals surface area contributed by atoms with E-state index in [0.29, 0.717) is 11.5 Å². The van der Waals surface area contributed by atoms with Gasteiger partial charge < -0.3 is 10.6 Å². The van der Waals surface area contributed by atoms with Gasteiger partial charge in [0.2, 0.25) is 0 Å². The molecule has 1 amide bonds. The number of benzene rings is 1. The highest BCUT2D eigenvalue weighted by molar-refractivity contribution is 7.80. The van der Waals surface area contributed by atoms with Crippen LogP contribution in [-0.4, -0.2) is 28.9 Å². The fourth-order valence-corrected chi connectivity index (χ4v) is 2.55. The van der Waals surface area contributed by atoms with Crippen LogP contribution in [0.25, 0.3) is 0 Å². The monoisotopic (exact) mass is 262 g/mol. The Morgan fingerprint density at radius 1 is 1.50 bits per heavy atom. The summed E-state index contributed by atoms with van der Waals surface area (Å²) in [6.45, 7) is 3.44. The van der Waals surface area contributed by atoms with Crippen molar-refractivity contribution in [2.24, 2.45) is 11.7 Å². The van der Waals surface area contributed by atoms with Crippen LogP contribution >= 0.6 is 12.2 Å². The van der Waals surface area contributed by atoms with Gasteiger partial charge in [-0.25, -0.2) is 0 Å². The van der Waals surface area contributed by atoms with E-state index in [2.05, 4.69) is 0 Å². The molecule has 1 fully saturated rings. The highest BCUT2D eigenvalue weighted by Gasteiger charge is 2.25. The molecule has 1 unspecified atom stereocenters. The highest BCUT2D eigenvalue weighted by Crippen LogP contribution is 2.19. The van der Waals surface area contributed by atoms with E-state index in [4.69, 9.17) is 18.0 Å². The quantitative estimate of drug-likeness (QED) is 0.831. The number of aryl methyl sites for hydroxylation is 1.